The lowest BCUT2D eigenvalue weighted by Crippen LogP contribution is -2.13. The number of nitriles is 2. The first-order valence-electron chi connectivity index (χ1n) is 11.8. The molecule has 4 rings (SSSR count). The number of anilines is 1. The van der Waals surface area contributed by atoms with Crippen LogP contribution in [0, 0.1) is 28.5 Å². The Morgan fingerprint density at radius 1 is 1.22 bits per heavy atom. The fraction of sp³-hybridized carbons (Fsp3) is 0.250. The molecule has 9 heteroatoms. The number of benzene rings is 2. The number of hydrogen-bond donors (Lipinski definition) is 1. The fourth-order valence-electron chi connectivity index (χ4n) is 4.10. The molecule has 0 bridgehead atoms. The average Bonchev–Trinajstić information content (AvgIpc) is 3.24. The molecule has 2 aromatic carbocycles. The molecule has 1 heterocycles. The van der Waals surface area contributed by atoms with Crippen molar-refractivity contribution in [2.75, 3.05) is 11.9 Å². The summed E-state index contributed by atoms with van der Waals surface area (Å²) < 4.78 is 26.1. The van der Waals surface area contributed by atoms with Crippen LogP contribution in [0.2, 0.25) is 0 Å². The lowest BCUT2D eigenvalue weighted by Gasteiger charge is -2.15. The Kier molecular flexibility index (Phi) is 8.60. The van der Waals surface area contributed by atoms with Crippen molar-refractivity contribution >= 4 is 44.3 Å². The van der Waals surface area contributed by atoms with Gasteiger partial charge in [0.1, 0.15) is 35.1 Å². The molecule has 0 unspecified atom stereocenters. The van der Waals surface area contributed by atoms with E-state index in [-0.39, 0.29) is 18.0 Å². The monoisotopic (exact) mass is 579 g/mol. The summed E-state index contributed by atoms with van der Waals surface area (Å²) >= 11 is 4.87. The van der Waals surface area contributed by atoms with Crippen LogP contribution in [0.1, 0.15) is 46.9 Å². The van der Waals surface area contributed by atoms with E-state index in [4.69, 9.17) is 9.47 Å². The predicted octanol–water partition coefficient (Wildman–Crippen LogP) is 6.92. The van der Waals surface area contributed by atoms with Crippen molar-refractivity contribution in [3.05, 3.63) is 79.4 Å². The van der Waals surface area contributed by atoms with E-state index in [2.05, 4.69) is 27.3 Å². The summed E-state index contributed by atoms with van der Waals surface area (Å²) in [4.78, 5) is 14.1. The van der Waals surface area contributed by atoms with Crippen LogP contribution in [0.5, 0.6) is 11.5 Å². The fourth-order valence-corrected chi connectivity index (χ4v) is 5.91. The van der Waals surface area contributed by atoms with Gasteiger partial charge in [0.05, 0.1) is 16.6 Å². The van der Waals surface area contributed by atoms with Crippen LogP contribution >= 0.6 is 27.3 Å². The van der Waals surface area contributed by atoms with Crippen molar-refractivity contribution in [2.45, 2.75) is 39.2 Å². The molecule has 0 saturated carbocycles. The van der Waals surface area contributed by atoms with Gasteiger partial charge < -0.3 is 14.8 Å². The molecular weight excluding hydrogens is 557 g/mol. The second-order valence-corrected chi connectivity index (χ2v) is 10.3. The van der Waals surface area contributed by atoms with Crippen LogP contribution < -0.4 is 14.8 Å². The Labute approximate surface area is 227 Å². The predicted molar refractivity (Wildman–Crippen MR) is 144 cm³/mol. The van der Waals surface area contributed by atoms with E-state index in [1.165, 1.54) is 23.5 Å². The number of carbonyl (C=O) groups excluding carboxylic acids is 1. The van der Waals surface area contributed by atoms with Gasteiger partial charge in [0.2, 0.25) is 0 Å². The second kappa shape index (κ2) is 12.1. The summed E-state index contributed by atoms with van der Waals surface area (Å²) in [7, 11) is 0. The second-order valence-electron chi connectivity index (χ2n) is 8.29. The maximum Gasteiger partial charge on any atom is 0.266 e. The first-order chi connectivity index (χ1) is 17.9. The normalized spacial score (nSPS) is 12.7. The Balaban J connectivity index is 1.58. The average molecular weight is 580 g/mol. The number of nitrogens with one attached hydrogen (secondary N) is 1. The minimum atomic E-state index is -0.591. The van der Waals surface area contributed by atoms with Gasteiger partial charge in [-0.2, -0.15) is 10.5 Å². The number of ether oxygens (including phenoxy) is 2. The SMILES string of the molecule is CCOc1cc(/C=C(\C#N)C(=O)Nc2sc3c(c2C#N)CCCC3)cc(Br)c1OCc1ccccc1F. The molecule has 6 nitrogen and oxygen atoms in total. The highest BCUT2D eigenvalue weighted by atomic mass is 79.9. The lowest BCUT2D eigenvalue weighted by molar-refractivity contribution is -0.112. The summed E-state index contributed by atoms with van der Waals surface area (Å²) in [6, 6.07) is 13.8. The molecule has 1 aliphatic carbocycles. The van der Waals surface area contributed by atoms with Crippen molar-refractivity contribution < 1.29 is 18.7 Å². The van der Waals surface area contributed by atoms with Crippen molar-refractivity contribution in [1.82, 2.24) is 0 Å². The third-order valence-corrected chi connectivity index (χ3v) is 7.64. The minimum Gasteiger partial charge on any atom is -0.490 e. The summed E-state index contributed by atoms with van der Waals surface area (Å²) in [5, 5.41) is 22.6. The Morgan fingerprint density at radius 3 is 2.73 bits per heavy atom. The molecular formula is C28H23BrFN3O3S. The minimum absolute atomic E-state index is 0.00159. The van der Waals surface area contributed by atoms with E-state index in [0.717, 1.165) is 36.1 Å². The first-order valence-corrected chi connectivity index (χ1v) is 13.4. The molecule has 1 amide bonds. The van der Waals surface area contributed by atoms with E-state index in [9.17, 15) is 19.7 Å². The number of carbonyl (C=O) groups is 1. The van der Waals surface area contributed by atoms with Crippen molar-refractivity contribution in [1.29, 1.82) is 10.5 Å². The van der Waals surface area contributed by atoms with Crippen LogP contribution in [0.25, 0.3) is 6.08 Å². The number of nitrogens with zero attached hydrogens (tertiary/aromatic N) is 2. The molecule has 37 heavy (non-hydrogen) atoms. The summed E-state index contributed by atoms with van der Waals surface area (Å²) in [6.45, 7) is 2.16. The maximum atomic E-state index is 14.0. The van der Waals surface area contributed by atoms with E-state index < -0.39 is 5.91 Å². The topological polar surface area (TPSA) is 95.1 Å². The number of halogens is 2. The van der Waals surface area contributed by atoms with Gasteiger partial charge in [-0.25, -0.2) is 4.39 Å². The standard InChI is InChI=1S/C28H23BrFN3O3S/c1-2-35-24-13-17(12-22(29)26(24)36-16-18-7-3-5-9-23(18)30)11-19(14-31)27(34)33-28-21(15-32)20-8-4-6-10-25(20)37-28/h3,5,7,9,11-13H,2,4,6,8,10,16H2,1H3,(H,33,34)/b19-11+. The van der Waals surface area contributed by atoms with Gasteiger partial charge in [-0.1, -0.05) is 18.2 Å². The van der Waals surface area contributed by atoms with Gasteiger partial charge in [0, 0.05) is 10.4 Å². The Morgan fingerprint density at radius 2 is 2.00 bits per heavy atom. The first kappa shape index (κ1) is 26.4. The zero-order valence-electron chi connectivity index (χ0n) is 20.1. The number of aryl methyl sites for hydroxylation is 1. The van der Waals surface area contributed by atoms with Crippen molar-refractivity contribution in [2.24, 2.45) is 0 Å². The van der Waals surface area contributed by atoms with Crippen LogP contribution in [-0.2, 0) is 24.2 Å². The van der Waals surface area contributed by atoms with Gasteiger partial charge in [-0.15, -0.1) is 11.3 Å². The molecule has 0 saturated heterocycles. The summed E-state index contributed by atoms with van der Waals surface area (Å²) in [5.74, 6) is -0.193. The molecule has 0 atom stereocenters. The number of fused-ring (bicyclic) bond motifs is 1. The number of rotatable bonds is 8. The lowest BCUT2D eigenvalue weighted by atomic mass is 9.96. The molecule has 1 aliphatic rings. The molecule has 0 fully saturated rings. The molecule has 188 valence electrons. The number of thiophene rings is 1. The summed E-state index contributed by atoms with van der Waals surface area (Å²) in [6.07, 6.45) is 5.25. The third kappa shape index (κ3) is 6.02. The molecule has 0 spiro atoms. The molecule has 1 aromatic heterocycles. The highest BCUT2D eigenvalue weighted by molar-refractivity contribution is 9.10. The van der Waals surface area contributed by atoms with Gasteiger partial charge in [0.15, 0.2) is 11.5 Å². The van der Waals surface area contributed by atoms with Crippen LogP contribution in [0.15, 0.2) is 46.4 Å². The van der Waals surface area contributed by atoms with E-state index in [1.807, 2.05) is 13.0 Å². The summed E-state index contributed by atoms with van der Waals surface area (Å²) in [5.41, 5.74) is 2.31. The van der Waals surface area contributed by atoms with Crippen molar-refractivity contribution in [3.63, 3.8) is 0 Å². The van der Waals surface area contributed by atoms with Gasteiger partial charge in [0.25, 0.3) is 5.91 Å². The number of hydrogen-bond acceptors (Lipinski definition) is 6. The third-order valence-electron chi connectivity index (χ3n) is 5.85. The van der Waals surface area contributed by atoms with Gasteiger partial charge in [-0.05, 0) is 83.9 Å². The molecule has 0 aliphatic heterocycles. The van der Waals surface area contributed by atoms with E-state index in [0.29, 0.717) is 44.3 Å². The Hall–Kier alpha value is -3.66. The highest BCUT2D eigenvalue weighted by Crippen LogP contribution is 2.39. The maximum absolute atomic E-state index is 14.0. The quantitative estimate of drug-likeness (QED) is 0.231. The van der Waals surface area contributed by atoms with Crippen LogP contribution in [0.3, 0.4) is 0 Å². The molecule has 3 aromatic rings. The largest absolute Gasteiger partial charge is 0.490 e. The zero-order valence-corrected chi connectivity index (χ0v) is 22.5. The van der Waals surface area contributed by atoms with E-state index >= 15 is 0 Å². The van der Waals surface area contributed by atoms with Gasteiger partial charge >= 0.3 is 0 Å². The van der Waals surface area contributed by atoms with E-state index in [1.54, 1.807) is 30.3 Å². The zero-order chi connectivity index (χ0) is 26.4. The van der Waals surface area contributed by atoms with Gasteiger partial charge in [-0.3, -0.25) is 4.79 Å². The molecule has 0 radical (unpaired) electrons. The smallest absolute Gasteiger partial charge is 0.266 e. The van der Waals surface area contributed by atoms with Crippen molar-refractivity contribution in [3.8, 4) is 23.6 Å². The Bertz CT molecular complexity index is 1450. The molecule has 1 N–H and O–H groups in total. The van der Waals surface area contributed by atoms with Crippen LogP contribution in [0.4, 0.5) is 9.39 Å². The number of amides is 1. The van der Waals surface area contributed by atoms with Crippen LogP contribution in [-0.4, -0.2) is 12.5 Å². The highest BCUT2D eigenvalue weighted by Gasteiger charge is 2.23.